The Morgan fingerprint density at radius 2 is 2.00 bits per heavy atom. The van der Waals surface area contributed by atoms with Gasteiger partial charge in [-0.2, -0.15) is 0 Å². The molecule has 1 heterocycles. The van der Waals surface area contributed by atoms with E-state index in [4.69, 9.17) is 4.74 Å². The number of rotatable bonds is 0. The third-order valence-electron chi connectivity index (χ3n) is 4.86. The van der Waals surface area contributed by atoms with Crippen LogP contribution >= 0.6 is 0 Å². The highest BCUT2D eigenvalue weighted by Crippen LogP contribution is 2.49. The third-order valence-corrected chi connectivity index (χ3v) is 4.86. The molecule has 0 aromatic carbocycles. The maximum absolute atomic E-state index is 12.1. The van der Waals surface area contributed by atoms with Crippen LogP contribution in [0.1, 0.15) is 26.7 Å². The van der Waals surface area contributed by atoms with Crippen molar-refractivity contribution in [2.45, 2.75) is 32.8 Å². The molecule has 0 spiro atoms. The molecule has 2 aliphatic carbocycles. The summed E-state index contributed by atoms with van der Waals surface area (Å²) in [5.41, 5.74) is 1.66. The summed E-state index contributed by atoms with van der Waals surface area (Å²) in [7, 11) is 0. The van der Waals surface area contributed by atoms with Gasteiger partial charge in [0.1, 0.15) is 6.10 Å². The number of hydrogen-bond acceptors (Lipinski definition) is 3. The molecule has 18 heavy (non-hydrogen) atoms. The zero-order valence-corrected chi connectivity index (χ0v) is 10.8. The molecular formula is C15H18O3. The fourth-order valence-corrected chi connectivity index (χ4v) is 3.89. The van der Waals surface area contributed by atoms with Gasteiger partial charge in [-0.05, 0) is 31.8 Å². The second kappa shape index (κ2) is 3.81. The first-order valence-electron chi connectivity index (χ1n) is 6.62. The minimum Gasteiger partial charge on any atom is -0.458 e. The van der Waals surface area contributed by atoms with Crippen molar-refractivity contribution < 1.29 is 14.3 Å². The maximum atomic E-state index is 12.1. The number of ketones is 1. The Bertz CT molecular complexity index is 474. The molecule has 0 N–H and O–H groups in total. The molecule has 0 bridgehead atoms. The van der Waals surface area contributed by atoms with Crippen molar-refractivity contribution in [1.29, 1.82) is 0 Å². The molecule has 3 rings (SSSR count). The number of carbonyl (C=O) groups excluding carboxylic acids is 2. The van der Waals surface area contributed by atoms with Crippen molar-refractivity contribution in [3.8, 4) is 0 Å². The quantitative estimate of drug-likeness (QED) is 0.486. The third kappa shape index (κ3) is 1.43. The van der Waals surface area contributed by atoms with E-state index in [1.165, 1.54) is 0 Å². The van der Waals surface area contributed by atoms with Gasteiger partial charge in [0.25, 0.3) is 0 Å². The van der Waals surface area contributed by atoms with Gasteiger partial charge in [0.05, 0.1) is 0 Å². The molecule has 0 aromatic heterocycles. The summed E-state index contributed by atoms with van der Waals surface area (Å²) in [6, 6.07) is 0. The first-order chi connectivity index (χ1) is 8.50. The molecule has 0 radical (unpaired) electrons. The Labute approximate surface area is 107 Å². The normalized spacial score (nSPS) is 43.1. The zero-order chi connectivity index (χ0) is 13.0. The number of fused-ring (bicyclic) bond motifs is 3. The lowest BCUT2D eigenvalue weighted by Crippen LogP contribution is -2.33. The van der Waals surface area contributed by atoms with E-state index in [-0.39, 0.29) is 35.6 Å². The number of hydrogen-bond donors (Lipinski definition) is 0. The summed E-state index contributed by atoms with van der Waals surface area (Å²) in [6.45, 7) is 7.98. The van der Waals surface area contributed by atoms with Crippen molar-refractivity contribution in [2.24, 2.45) is 23.7 Å². The molecule has 3 nitrogen and oxygen atoms in total. The molecule has 1 aliphatic heterocycles. The SMILES string of the molecule is C=C1C(=O)O[C@@H]2[C@H]3C(C)=CC(=O)[C@H]3[C@@H](C)CC[C@@H]12. The number of carbonyl (C=O) groups is 2. The molecule has 2 fully saturated rings. The van der Waals surface area contributed by atoms with Crippen LogP contribution in [-0.2, 0) is 14.3 Å². The van der Waals surface area contributed by atoms with Crippen LogP contribution in [0.4, 0.5) is 0 Å². The van der Waals surface area contributed by atoms with Gasteiger partial charge in [-0.1, -0.05) is 19.1 Å². The molecule has 3 aliphatic rings. The summed E-state index contributed by atoms with van der Waals surface area (Å²) < 4.78 is 5.51. The minimum absolute atomic E-state index is 0.00120. The number of allylic oxidation sites excluding steroid dienone is 1. The van der Waals surface area contributed by atoms with E-state index in [1.807, 2.05) is 6.92 Å². The van der Waals surface area contributed by atoms with Gasteiger partial charge in [-0.15, -0.1) is 0 Å². The lowest BCUT2D eigenvalue weighted by molar-refractivity contribution is -0.142. The predicted molar refractivity (Wildman–Crippen MR) is 66.7 cm³/mol. The van der Waals surface area contributed by atoms with Crippen molar-refractivity contribution in [3.63, 3.8) is 0 Å². The first-order valence-corrected chi connectivity index (χ1v) is 6.62. The van der Waals surface area contributed by atoms with Gasteiger partial charge in [0.2, 0.25) is 0 Å². The van der Waals surface area contributed by atoms with Crippen molar-refractivity contribution in [1.82, 2.24) is 0 Å². The highest BCUT2D eigenvalue weighted by Gasteiger charge is 2.52. The molecule has 5 atom stereocenters. The van der Waals surface area contributed by atoms with E-state index >= 15 is 0 Å². The Morgan fingerprint density at radius 3 is 2.72 bits per heavy atom. The van der Waals surface area contributed by atoms with Crippen LogP contribution in [-0.4, -0.2) is 17.9 Å². The van der Waals surface area contributed by atoms with Gasteiger partial charge in [0.15, 0.2) is 5.78 Å². The van der Waals surface area contributed by atoms with E-state index in [2.05, 4.69) is 13.5 Å². The minimum atomic E-state index is -0.273. The topological polar surface area (TPSA) is 43.4 Å². The molecule has 0 amide bonds. The van der Waals surface area contributed by atoms with Crippen molar-refractivity contribution in [2.75, 3.05) is 0 Å². The van der Waals surface area contributed by atoms with Crippen LogP contribution in [0.2, 0.25) is 0 Å². The summed E-state index contributed by atoms with van der Waals surface area (Å²) in [5, 5.41) is 0. The van der Waals surface area contributed by atoms with Crippen LogP contribution in [0.15, 0.2) is 23.8 Å². The zero-order valence-electron chi connectivity index (χ0n) is 10.8. The lowest BCUT2D eigenvalue weighted by Gasteiger charge is -2.27. The molecule has 1 saturated carbocycles. The van der Waals surface area contributed by atoms with Crippen LogP contribution in [0.5, 0.6) is 0 Å². The Morgan fingerprint density at radius 1 is 1.28 bits per heavy atom. The molecule has 0 aromatic rings. The summed E-state index contributed by atoms with van der Waals surface area (Å²) in [4.78, 5) is 23.8. The van der Waals surface area contributed by atoms with Gasteiger partial charge < -0.3 is 4.74 Å². The number of ether oxygens (including phenoxy) is 1. The average Bonchev–Trinajstić information content (AvgIpc) is 2.68. The summed E-state index contributed by atoms with van der Waals surface area (Å²) >= 11 is 0. The van der Waals surface area contributed by atoms with Gasteiger partial charge in [0, 0.05) is 23.3 Å². The van der Waals surface area contributed by atoms with Gasteiger partial charge in [-0.25, -0.2) is 4.79 Å². The van der Waals surface area contributed by atoms with Crippen molar-refractivity contribution >= 4 is 11.8 Å². The van der Waals surface area contributed by atoms with Crippen LogP contribution in [0.3, 0.4) is 0 Å². The smallest absolute Gasteiger partial charge is 0.334 e. The average molecular weight is 246 g/mol. The molecule has 96 valence electrons. The molecular weight excluding hydrogens is 228 g/mol. The lowest BCUT2D eigenvalue weighted by atomic mass is 9.78. The largest absolute Gasteiger partial charge is 0.458 e. The number of esters is 1. The Kier molecular flexibility index (Phi) is 2.47. The predicted octanol–water partition coefficient (Wildman–Crippen LogP) is 2.28. The highest BCUT2D eigenvalue weighted by molar-refractivity contribution is 5.97. The van der Waals surface area contributed by atoms with Crippen molar-refractivity contribution in [3.05, 3.63) is 23.8 Å². The standard InChI is InChI=1S/C15H18O3/c1-7-4-5-10-9(3)15(17)18-14(10)13-8(2)6-11(16)12(7)13/h6-7,10,12-14H,3-5H2,1-2H3/t7-,10-,12+,13-,14-/m0/s1. The molecule has 3 heteroatoms. The van der Waals surface area contributed by atoms with Crippen LogP contribution in [0.25, 0.3) is 0 Å². The summed E-state index contributed by atoms with van der Waals surface area (Å²) in [6.07, 6.45) is 3.44. The van der Waals surface area contributed by atoms with E-state index in [9.17, 15) is 9.59 Å². The monoisotopic (exact) mass is 246 g/mol. The molecule has 1 saturated heterocycles. The highest BCUT2D eigenvalue weighted by atomic mass is 16.6. The fraction of sp³-hybridized carbons (Fsp3) is 0.600. The van der Waals surface area contributed by atoms with E-state index in [1.54, 1.807) is 6.08 Å². The van der Waals surface area contributed by atoms with E-state index < -0.39 is 0 Å². The van der Waals surface area contributed by atoms with E-state index in [0.29, 0.717) is 11.5 Å². The maximum Gasteiger partial charge on any atom is 0.334 e. The van der Waals surface area contributed by atoms with Crippen LogP contribution < -0.4 is 0 Å². The first kappa shape index (κ1) is 11.7. The fourth-order valence-electron chi connectivity index (χ4n) is 3.89. The summed E-state index contributed by atoms with van der Waals surface area (Å²) in [5.74, 6) is 0.462. The molecule has 0 unspecified atom stereocenters. The van der Waals surface area contributed by atoms with Crippen LogP contribution in [0, 0.1) is 23.7 Å². The Hall–Kier alpha value is -1.38. The van der Waals surface area contributed by atoms with E-state index in [0.717, 1.165) is 18.4 Å². The van der Waals surface area contributed by atoms with Gasteiger partial charge >= 0.3 is 5.97 Å². The second-order valence-electron chi connectivity index (χ2n) is 5.90. The Balaban J connectivity index is 2.02. The van der Waals surface area contributed by atoms with Gasteiger partial charge in [-0.3, -0.25) is 4.79 Å². The second-order valence-corrected chi connectivity index (χ2v) is 5.90.